The van der Waals surface area contributed by atoms with Crippen molar-refractivity contribution in [2.75, 3.05) is 39.3 Å². The van der Waals surface area contributed by atoms with Crippen LogP contribution >= 0.6 is 11.3 Å². The average Bonchev–Trinajstić information content (AvgIpc) is 3.78. The average molecular weight is 971 g/mol. The summed E-state index contributed by atoms with van der Waals surface area (Å²) in [6, 6.07) is 3.00. The number of anilines is 1. The minimum absolute atomic E-state index is 0.0502. The van der Waals surface area contributed by atoms with E-state index in [-0.39, 0.29) is 74.3 Å². The number of thiazole rings is 1. The molecule has 0 radical (unpaired) electrons. The second kappa shape index (κ2) is 28.0. The van der Waals surface area contributed by atoms with Crippen LogP contribution in [0.3, 0.4) is 0 Å². The third-order valence-electron chi connectivity index (χ3n) is 12.2. The summed E-state index contributed by atoms with van der Waals surface area (Å²) in [4.78, 5) is 111. The Labute approximate surface area is 404 Å². The number of carbonyl (C=O) groups is 8. The summed E-state index contributed by atoms with van der Waals surface area (Å²) >= 11 is 1.12. The van der Waals surface area contributed by atoms with Crippen LogP contribution in [-0.4, -0.2) is 126 Å². The molecule has 2 aromatic rings. The van der Waals surface area contributed by atoms with Crippen LogP contribution in [0.1, 0.15) is 127 Å². The molecule has 0 spiro atoms. The number of rotatable bonds is 27. The van der Waals surface area contributed by atoms with Gasteiger partial charge in [0.2, 0.25) is 29.5 Å². The van der Waals surface area contributed by atoms with Crippen LogP contribution in [0, 0.1) is 17.8 Å². The fraction of sp³-hybridized carbons (Fsp3) is 0.638. The lowest BCUT2D eigenvalue weighted by atomic mass is 9.92. The van der Waals surface area contributed by atoms with Gasteiger partial charge in [0.25, 0.3) is 5.91 Å². The Hall–Kier alpha value is -5.67. The number of ether oxygens (including phenoxy) is 2. The van der Waals surface area contributed by atoms with Crippen LogP contribution in [0.15, 0.2) is 29.6 Å². The second-order valence-corrected chi connectivity index (χ2v) is 19.0. The van der Waals surface area contributed by atoms with Crippen molar-refractivity contribution in [3.05, 3.63) is 45.9 Å². The molecule has 0 bridgehead atoms. The SMILES string of the molecule is CC[C@H](C)[C@H](NC(=O)[C@H]1CCCCN1C)C(=O)N(COC)[C@H](C[C@@H](OC(C)=O)c1nc(C(=O)N[C@@H](Cc2ccc(NC(=O)[C@H](CCCNC(N)=O)NC(C)=O)cc2)CC(C)C(N)=O)cs1)C(C)C. The Morgan fingerprint density at radius 1 is 0.956 bits per heavy atom. The Morgan fingerprint density at radius 3 is 2.22 bits per heavy atom. The van der Waals surface area contributed by atoms with E-state index in [4.69, 9.17) is 20.9 Å². The van der Waals surface area contributed by atoms with Gasteiger partial charge < -0.3 is 52.4 Å². The number of nitrogens with zero attached hydrogens (tertiary/aromatic N) is 3. The Morgan fingerprint density at radius 2 is 1.65 bits per heavy atom. The highest BCUT2D eigenvalue weighted by Crippen LogP contribution is 2.32. The summed E-state index contributed by atoms with van der Waals surface area (Å²) < 4.78 is 11.4. The second-order valence-electron chi connectivity index (χ2n) is 18.1. The molecular formula is C47H74N10O10S. The first-order valence-electron chi connectivity index (χ1n) is 23.4. The van der Waals surface area contributed by atoms with Crippen LogP contribution in [0.2, 0.25) is 0 Å². The number of amides is 8. The maximum atomic E-state index is 14.6. The number of primary amides is 2. The zero-order valence-corrected chi connectivity index (χ0v) is 41.9. The van der Waals surface area contributed by atoms with Gasteiger partial charge in [-0.05, 0) is 81.6 Å². The lowest BCUT2D eigenvalue weighted by Crippen LogP contribution is -2.59. The quantitative estimate of drug-likeness (QED) is 0.0386. The predicted octanol–water partition coefficient (Wildman–Crippen LogP) is 3.35. The molecular weight excluding hydrogens is 897 g/mol. The number of likely N-dealkylation sites (N-methyl/N-ethyl adjacent to an activating group) is 1. The molecule has 1 aliphatic rings. The molecule has 1 aliphatic heterocycles. The summed E-state index contributed by atoms with van der Waals surface area (Å²) in [5.41, 5.74) is 12.0. The van der Waals surface area contributed by atoms with Crippen LogP contribution in [0.5, 0.6) is 0 Å². The van der Waals surface area contributed by atoms with Crippen molar-refractivity contribution in [1.29, 1.82) is 0 Å². The number of urea groups is 1. The first kappa shape index (κ1) is 56.7. The molecule has 1 aromatic heterocycles. The first-order chi connectivity index (χ1) is 32.1. The molecule has 8 atom stereocenters. The monoisotopic (exact) mass is 971 g/mol. The van der Waals surface area contributed by atoms with E-state index in [1.165, 1.54) is 21.0 Å². The van der Waals surface area contributed by atoms with E-state index in [0.29, 0.717) is 30.0 Å². The van der Waals surface area contributed by atoms with E-state index in [1.54, 1.807) is 41.5 Å². The Kier molecular flexibility index (Phi) is 23.3. The van der Waals surface area contributed by atoms with Gasteiger partial charge in [0.1, 0.15) is 29.5 Å². The van der Waals surface area contributed by atoms with Crippen molar-refractivity contribution < 1.29 is 47.8 Å². The van der Waals surface area contributed by atoms with Gasteiger partial charge in [-0.3, -0.25) is 38.5 Å². The molecule has 1 fully saturated rings. The lowest BCUT2D eigenvalue weighted by molar-refractivity contribution is -0.152. The van der Waals surface area contributed by atoms with E-state index < -0.39 is 71.8 Å². The summed E-state index contributed by atoms with van der Waals surface area (Å²) in [7, 11) is 3.40. The van der Waals surface area contributed by atoms with Crippen molar-refractivity contribution >= 4 is 64.5 Å². The third kappa shape index (κ3) is 18.1. The highest BCUT2D eigenvalue weighted by atomic mass is 32.1. The number of piperidine rings is 1. The normalized spacial score (nSPS) is 17.0. The topological polar surface area (TPSA) is 287 Å². The molecule has 9 N–H and O–H groups in total. The summed E-state index contributed by atoms with van der Waals surface area (Å²) in [6.07, 6.45) is 3.54. The minimum atomic E-state index is -0.955. The molecule has 0 aliphatic carbocycles. The van der Waals surface area contributed by atoms with Crippen molar-refractivity contribution in [1.82, 2.24) is 36.1 Å². The molecule has 8 amide bonds. The number of hydrogen-bond donors (Lipinski definition) is 7. The fourth-order valence-electron chi connectivity index (χ4n) is 8.16. The van der Waals surface area contributed by atoms with Gasteiger partial charge in [-0.1, -0.05) is 59.6 Å². The summed E-state index contributed by atoms with van der Waals surface area (Å²) in [6.45, 7) is 12.9. The number of esters is 1. The number of methoxy groups -OCH3 is 1. The molecule has 1 saturated heterocycles. The van der Waals surface area contributed by atoms with Gasteiger partial charge >= 0.3 is 12.0 Å². The van der Waals surface area contributed by atoms with Crippen LogP contribution < -0.4 is 38.1 Å². The van der Waals surface area contributed by atoms with Crippen LogP contribution in [-0.2, 0) is 44.7 Å². The number of benzene rings is 1. The van der Waals surface area contributed by atoms with Gasteiger partial charge in [-0.25, -0.2) is 9.78 Å². The van der Waals surface area contributed by atoms with Gasteiger partial charge in [0.15, 0.2) is 6.10 Å². The number of aromatic nitrogens is 1. The van der Waals surface area contributed by atoms with E-state index >= 15 is 0 Å². The number of carbonyl (C=O) groups excluding carboxylic acids is 8. The van der Waals surface area contributed by atoms with Gasteiger partial charge in [-0.15, -0.1) is 11.3 Å². The maximum absolute atomic E-state index is 14.6. The first-order valence-corrected chi connectivity index (χ1v) is 24.3. The number of nitrogens with two attached hydrogens (primary N) is 2. The van der Waals surface area contributed by atoms with E-state index in [0.717, 1.165) is 36.3 Å². The number of likely N-dealkylation sites (tertiary alicyclic amines) is 1. The molecule has 1 unspecified atom stereocenters. The molecule has 21 heteroatoms. The molecule has 68 heavy (non-hydrogen) atoms. The molecule has 20 nitrogen and oxygen atoms in total. The fourth-order valence-corrected chi connectivity index (χ4v) is 9.00. The largest absolute Gasteiger partial charge is 0.455 e. The molecule has 1 aromatic carbocycles. The Bertz CT molecular complexity index is 2020. The third-order valence-corrected chi connectivity index (χ3v) is 13.1. The van der Waals surface area contributed by atoms with Crippen molar-refractivity contribution in [3.63, 3.8) is 0 Å². The molecule has 3 rings (SSSR count). The number of nitrogens with one attached hydrogen (secondary N) is 5. The number of hydrogen-bond acceptors (Lipinski definition) is 13. The Balaban J connectivity index is 1.83. The van der Waals surface area contributed by atoms with E-state index in [2.05, 4.69) is 31.6 Å². The van der Waals surface area contributed by atoms with Crippen molar-refractivity contribution in [2.24, 2.45) is 29.2 Å². The summed E-state index contributed by atoms with van der Waals surface area (Å²) in [5, 5.41) is 15.8. The predicted molar refractivity (Wildman–Crippen MR) is 258 cm³/mol. The molecule has 378 valence electrons. The zero-order valence-electron chi connectivity index (χ0n) is 41.1. The highest BCUT2D eigenvalue weighted by molar-refractivity contribution is 7.09. The standard InChI is InChI=1S/C47H74N10O10S/c1-10-28(4)40(55-44(63)37-15-11-12-21-56(37)8)46(64)57(26-66-9)38(27(2)3)24-39(67-31(7)59)45-54-36(25-68-45)43(62)53-34(22-29(5)41(48)60)23-32-16-18-33(19-17-32)52-42(61)35(51-30(6)58)14-13-20-50-47(49)65/h16-19,25,27-29,34-35,37-40H,10-15,20-24,26H2,1-9H3,(H2,48,60)(H,51,58)(H,52,61)(H,53,62)(H,55,63)(H3,49,50,65)/t28-,29?,34+,35-,37+,38+,39+,40-/m0/s1. The van der Waals surface area contributed by atoms with Gasteiger partial charge in [0, 0.05) is 63.0 Å². The van der Waals surface area contributed by atoms with Gasteiger partial charge in [-0.2, -0.15) is 0 Å². The van der Waals surface area contributed by atoms with Crippen molar-refractivity contribution in [3.8, 4) is 0 Å². The smallest absolute Gasteiger partial charge is 0.312 e. The van der Waals surface area contributed by atoms with Gasteiger partial charge in [0.05, 0.1) is 6.04 Å². The minimum Gasteiger partial charge on any atom is -0.455 e. The van der Waals surface area contributed by atoms with E-state index in [1.807, 2.05) is 39.6 Å². The maximum Gasteiger partial charge on any atom is 0.312 e. The molecule has 0 saturated carbocycles. The highest BCUT2D eigenvalue weighted by Gasteiger charge is 2.39. The zero-order chi connectivity index (χ0) is 50.7. The van der Waals surface area contributed by atoms with Crippen LogP contribution in [0.25, 0.3) is 0 Å². The van der Waals surface area contributed by atoms with Crippen molar-refractivity contribution in [2.45, 2.75) is 143 Å². The lowest BCUT2D eigenvalue weighted by Gasteiger charge is -2.39. The molecule has 2 heterocycles. The van der Waals surface area contributed by atoms with Crippen LogP contribution in [0.4, 0.5) is 10.5 Å². The summed E-state index contributed by atoms with van der Waals surface area (Å²) in [5.74, 6) is -4.01. The van der Waals surface area contributed by atoms with E-state index in [9.17, 15) is 38.4 Å².